The monoisotopic (exact) mass is 386 g/mol. The van der Waals surface area contributed by atoms with Crippen LogP contribution in [0.5, 0.6) is 5.75 Å². The Balaban J connectivity index is 1.88. The molecule has 1 aromatic heterocycles. The molecule has 6 nitrogen and oxygen atoms in total. The summed E-state index contributed by atoms with van der Waals surface area (Å²) in [7, 11) is 1.50. The first kappa shape index (κ1) is 16.4. The number of ether oxygens (including phenoxy) is 1. The van der Waals surface area contributed by atoms with Crippen LogP contribution in [0.15, 0.2) is 39.4 Å². The average Bonchev–Trinajstić information content (AvgIpc) is 2.91. The highest BCUT2D eigenvalue weighted by atomic mass is 79.9. The van der Waals surface area contributed by atoms with Gasteiger partial charge in [-0.1, -0.05) is 11.6 Å². The minimum absolute atomic E-state index is 0.118. The molecular weight excluding hydrogens is 376 g/mol. The molecule has 0 atom stereocenters. The number of carbonyl (C=O) groups excluding carboxylic acids is 2. The number of rotatable bonds is 5. The Kier molecular flexibility index (Phi) is 5.46. The summed E-state index contributed by atoms with van der Waals surface area (Å²) in [5.41, 5.74) is 0.505. The van der Waals surface area contributed by atoms with Crippen molar-refractivity contribution in [3.8, 4) is 5.75 Å². The lowest BCUT2D eigenvalue weighted by Gasteiger charge is -2.08. The third-order valence-corrected chi connectivity index (χ3v) is 3.36. The van der Waals surface area contributed by atoms with Crippen molar-refractivity contribution in [1.29, 1.82) is 0 Å². The quantitative estimate of drug-likeness (QED) is 0.826. The zero-order valence-electron chi connectivity index (χ0n) is 11.5. The molecule has 8 heteroatoms. The lowest BCUT2D eigenvalue weighted by molar-refractivity contribution is -0.115. The van der Waals surface area contributed by atoms with Crippen LogP contribution < -0.4 is 15.4 Å². The van der Waals surface area contributed by atoms with Crippen LogP contribution in [0.1, 0.15) is 10.6 Å². The van der Waals surface area contributed by atoms with E-state index in [4.69, 9.17) is 20.8 Å². The fourth-order valence-corrected chi connectivity index (χ4v) is 2.20. The number of methoxy groups -OCH3 is 1. The average molecular weight is 388 g/mol. The number of furan rings is 1. The number of hydrogen-bond donors (Lipinski definition) is 2. The SMILES string of the molecule is COc1ccc(NC(=O)CNC(=O)c2ccc(Br)o2)cc1Cl. The van der Waals surface area contributed by atoms with E-state index >= 15 is 0 Å². The number of benzene rings is 1. The van der Waals surface area contributed by atoms with Gasteiger partial charge in [-0.15, -0.1) is 0 Å². The highest BCUT2D eigenvalue weighted by molar-refractivity contribution is 9.10. The van der Waals surface area contributed by atoms with Crippen molar-refractivity contribution in [3.05, 3.63) is 45.8 Å². The molecule has 0 saturated heterocycles. The predicted octanol–water partition coefficient (Wildman–Crippen LogP) is 3.07. The summed E-state index contributed by atoms with van der Waals surface area (Å²) in [5.74, 6) is -0.239. The lowest BCUT2D eigenvalue weighted by Crippen LogP contribution is -2.32. The van der Waals surface area contributed by atoms with E-state index in [1.54, 1.807) is 24.3 Å². The van der Waals surface area contributed by atoms with Crippen molar-refractivity contribution in [2.24, 2.45) is 0 Å². The maximum Gasteiger partial charge on any atom is 0.287 e. The van der Waals surface area contributed by atoms with Gasteiger partial charge >= 0.3 is 0 Å². The van der Waals surface area contributed by atoms with Crippen LogP contribution in [0.25, 0.3) is 0 Å². The molecule has 1 heterocycles. The number of anilines is 1. The molecule has 22 heavy (non-hydrogen) atoms. The van der Waals surface area contributed by atoms with Crippen molar-refractivity contribution in [2.45, 2.75) is 0 Å². The van der Waals surface area contributed by atoms with Crippen molar-refractivity contribution in [2.75, 3.05) is 19.0 Å². The Labute approximate surface area is 139 Å². The van der Waals surface area contributed by atoms with E-state index < -0.39 is 5.91 Å². The second-order valence-electron chi connectivity index (χ2n) is 4.18. The van der Waals surface area contributed by atoms with Gasteiger partial charge in [-0.25, -0.2) is 0 Å². The van der Waals surface area contributed by atoms with Crippen molar-refractivity contribution >= 4 is 45.0 Å². The van der Waals surface area contributed by atoms with Crippen LogP contribution in [0, 0.1) is 0 Å². The Morgan fingerprint density at radius 3 is 2.68 bits per heavy atom. The summed E-state index contributed by atoms with van der Waals surface area (Å²) in [5, 5.41) is 5.44. The second kappa shape index (κ2) is 7.33. The molecule has 0 fully saturated rings. The molecule has 0 bridgehead atoms. The summed E-state index contributed by atoms with van der Waals surface area (Å²) in [6, 6.07) is 7.93. The number of carbonyl (C=O) groups is 2. The highest BCUT2D eigenvalue weighted by Gasteiger charge is 2.12. The Morgan fingerprint density at radius 2 is 2.09 bits per heavy atom. The van der Waals surface area contributed by atoms with Gasteiger partial charge in [0.1, 0.15) is 5.75 Å². The topological polar surface area (TPSA) is 80.6 Å². The summed E-state index contributed by atoms with van der Waals surface area (Å²) in [6.45, 7) is -0.194. The zero-order chi connectivity index (χ0) is 16.1. The second-order valence-corrected chi connectivity index (χ2v) is 5.37. The summed E-state index contributed by atoms with van der Waals surface area (Å²) < 4.78 is 10.5. The Bertz CT molecular complexity index is 702. The Morgan fingerprint density at radius 1 is 1.32 bits per heavy atom. The summed E-state index contributed by atoms with van der Waals surface area (Å²) in [4.78, 5) is 23.5. The molecule has 0 radical (unpaired) electrons. The first-order valence-corrected chi connectivity index (χ1v) is 7.33. The molecule has 2 N–H and O–H groups in total. The third-order valence-electron chi connectivity index (χ3n) is 2.64. The molecule has 116 valence electrons. The first-order chi connectivity index (χ1) is 10.5. The van der Waals surface area contributed by atoms with Gasteiger partial charge in [0, 0.05) is 5.69 Å². The van der Waals surface area contributed by atoms with Crippen LogP contribution in [0.3, 0.4) is 0 Å². The van der Waals surface area contributed by atoms with Crippen LogP contribution in [0.4, 0.5) is 5.69 Å². The molecular formula is C14H12BrClN2O4. The van der Waals surface area contributed by atoms with Crippen LogP contribution in [-0.2, 0) is 4.79 Å². The molecule has 2 amide bonds. The van der Waals surface area contributed by atoms with E-state index in [1.807, 2.05) is 0 Å². The van der Waals surface area contributed by atoms with Crippen molar-refractivity contribution < 1.29 is 18.7 Å². The van der Waals surface area contributed by atoms with E-state index in [0.717, 1.165) is 0 Å². The molecule has 0 aliphatic rings. The lowest BCUT2D eigenvalue weighted by atomic mass is 10.3. The molecule has 0 aliphatic carbocycles. The maximum absolute atomic E-state index is 11.8. The first-order valence-electron chi connectivity index (χ1n) is 6.16. The van der Waals surface area contributed by atoms with Crippen molar-refractivity contribution in [1.82, 2.24) is 5.32 Å². The van der Waals surface area contributed by atoms with Crippen LogP contribution >= 0.6 is 27.5 Å². The van der Waals surface area contributed by atoms with E-state index in [2.05, 4.69) is 26.6 Å². The predicted molar refractivity (Wildman–Crippen MR) is 85.4 cm³/mol. The number of amides is 2. The van der Waals surface area contributed by atoms with Crippen LogP contribution in [-0.4, -0.2) is 25.5 Å². The normalized spacial score (nSPS) is 10.1. The number of nitrogens with one attached hydrogen (secondary N) is 2. The van der Waals surface area contributed by atoms with Gasteiger partial charge in [-0.05, 0) is 46.3 Å². The van der Waals surface area contributed by atoms with E-state index in [-0.39, 0.29) is 18.2 Å². The van der Waals surface area contributed by atoms with Gasteiger partial charge in [0.25, 0.3) is 5.91 Å². The van der Waals surface area contributed by atoms with Crippen LogP contribution in [0.2, 0.25) is 5.02 Å². The fourth-order valence-electron chi connectivity index (χ4n) is 1.63. The molecule has 2 rings (SSSR count). The third kappa shape index (κ3) is 4.25. The van der Waals surface area contributed by atoms with Gasteiger partial charge in [0.2, 0.25) is 5.91 Å². The van der Waals surface area contributed by atoms with Gasteiger partial charge < -0.3 is 19.8 Å². The van der Waals surface area contributed by atoms with Gasteiger partial charge in [0.15, 0.2) is 10.4 Å². The summed E-state index contributed by atoms with van der Waals surface area (Å²) >= 11 is 9.05. The van der Waals surface area contributed by atoms with Gasteiger partial charge in [-0.3, -0.25) is 9.59 Å². The largest absolute Gasteiger partial charge is 0.495 e. The van der Waals surface area contributed by atoms with E-state index in [1.165, 1.54) is 13.2 Å². The number of halogens is 2. The molecule has 1 aromatic carbocycles. The number of hydrogen-bond acceptors (Lipinski definition) is 4. The van der Waals surface area contributed by atoms with Crippen molar-refractivity contribution in [3.63, 3.8) is 0 Å². The van der Waals surface area contributed by atoms with Gasteiger partial charge in [-0.2, -0.15) is 0 Å². The Hall–Kier alpha value is -1.99. The van der Waals surface area contributed by atoms with E-state index in [0.29, 0.717) is 21.1 Å². The maximum atomic E-state index is 11.8. The standard InChI is InChI=1S/C14H12BrClN2O4/c1-21-10-3-2-8(6-9(10)16)18-13(19)7-17-14(20)11-4-5-12(15)22-11/h2-6H,7H2,1H3,(H,17,20)(H,18,19). The fraction of sp³-hybridized carbons (Fsp3) is 0.143. The molecule has 0 spiro atoms. The van der Waals surface area contributed by atoms with E-state index in [9.17, 15) is 9.59 Å². The van der Waals surface area contributed by atoms with Gasteiger partial charge in [0.05, 0.1) is 18.7 Å². The molecule has 0 saturated carbocycles. The molecule has 2 aromatic rings. The minimum Gasteiger partial charge on any atom is -0.495 e. The zero-order valence-corrected chi connectivity index (χ0v) is 13.8. The minimum atomic E-state index is -0.478. The smallest absolute Gasteiger partial charge is 0.287 e. The molecule has 0 aliphatic heterocycles. The molecule has 0 unspecified atom stereocenters. The summed E-state index contributed by atoms with van der Waals surface area (Å²) in [6.07, 6.45) is 0. The highest BCUT2D eigenvalue weighted by Crippen LogP contribution is 2.27.